The number of rotatable bonds is 3. The molecule has 1 aromatic rings. The van der Waals surface area contributed by atoms with Gasteiger partial charge in [0.2, 0.25) is 0 Å². The minimum absolute atomic E-state index is 0.231. The molecule has 1 unspecified atom stereocenters. The van der Waals surface area contributed by atoms with Crippen LogP contribution in [-0.4, -0.2) is 12.3 Å². The van der Waals surface area contributed by atoms with Crippen LogP contribution in [-0.2, 0) is 4.74 Å². The predicted molar refractivity (Wildman–Crippen MR) is 69.9 cm³/mol. The fraction of sp³-hybridized carbons (Fsp3) is 0.200. The summed E-state index contributed by atoms with van der Waals surface area (Å²) in [4.78, 5) is 0. The highest BCUT2D eigenvalue weighted by atomic mass is 16.5. The van der Waals surface area contributed by atoms with Crippen LogP contribution in [0.1, 0.15) is 12.0 Å². The lowest BCUT2D eigenvalue weighted by molar-refractivity contribution is 0.0185. The molecule has 1 aliphatic rings. The maximum atomic E-state index is 6.04. The Morgan fingerprint density at radius 3 is 2.71 bits per heavy atom. The second-order valence-electron chi connectivity index (χ2n) is 4.01. The van der Waals surface area contributed by atoms with E-state index in [1.54, 1.807) is 0 Å². The number of hydrogen-bond donors (Lipinski definition) is 1. The Bertz CT molecular complexity index is 481. The molecule has 0 saturated carbocycles. The maximum Gasteiger partial charge on any atom is 0.141 e. The Labute approximate surface area is 102 Å². The molecule has 0 saturated heterocycles. The van der Waals surface area contributed by atoms with Crippen LogP contribution >= 0.6 is 0 Å². The molecule has 86 valence electrons. The molecular weight excluding hydrogens is 210 g/mol. The molecule has 2 heteroatoms. The molecule has 2 nitrogen and oxygen atoms in total. The molecule has 0 aromatic heterocycles. The molecule has 2 rings (SSSR count). The molecule has 0 fully saturated rings. The maximum absolute atomic E-state index is 6.04. The zero-order chi connectivity index (χ0) is 12.1. The molecule has 0 radical (unpaired) electrons. The van der Waals surface area contributed by atoms with Crippen LogP contribution < -0.4 is 5.73 Å². The summed E-state index contributed by atoms with van der Waals surface area (Å²) in [5.74, 6) is 2.43. The Morgan fingerprint density at radius 2 is 2.12 bits per heavy atom. The molecule has 0 spiro atoms. The van der Waals surface area contributed by atoms with Crippen molar-refractivity contribution in [2.75, 3.05) is 6.61 Å². The highest BCUT2D eigenvalue weighted by Crippen LogP contribution is 2.25. The van der Waals surface area contributed by atoms with Crippen LogP contribution in [0.25, 0.3) is 5.57 Å². The van der Waals surface area contributed by atoms with Crippen molar-refractivity contribution >= 4 is 5.57 Å². The van der Waals surface area contributed by atoms with E-state index in [0.29, 0.717) is 6.42 Å². The van der Waals surface area contributed by atoms with E-state index in [2.05, 4.69) is 24.1 Å². The zero-order valence-electron chi connectivity index (χ0n) is 9.60. The molecule has 1 aromatic carbocycles. The first kappa shape index (κ1) is 11.7. The monoisotopic (exact) mass is 225 g/mol. The van der Waals surface area contributed by atoms with Gasteiger partial charge in [0.1, 0.15) is 12.3 Å². The summed E-state index contributed by atoms with van der Waals surface area (Å²) >= 11 is 0. The van der Waals surface area contributed by atoms with E-state index < -0.39 is 5.72 Å². The number of allylic oxidation sites excluding steroid dienone is 2. The van der Waals surface area contributed by atoms with E-state index in [1.165, 1.54) is 5.56 Å². The van der Waals surface area contributed by atoms with E-state index >= 15 is 0 Å². The summed E-state index contributed by atoms with van der Waals surface area (Å²) in [6.07, 6.45) is 11.7. The SMILES string of the molecule is C#CCOC1(N)C=CC(c2ccccc2)=CC1. The van der Waals surface area contributed by atoms with Gasteiger partial charge < -0.3 is 4.74 Å². The normalized spacial score (nSPS) is 22.9. The van der Waals surface area contributed by atoms with Gasteiger partial charge in [0.25, 0.3) is 0 Å². The van der Waals surface area contributed by atoms with E-state index in [0.717, 1.165) is 5.57 Å². The van der Waals surface area contributed by atoms with Gasteiger partial charge in [-0.1, -0.05) is 48.4 Å². The van der Waals surface area contributed by atoms with Gasteiger partial charge in [0.05, 0.1) is 0 Å². The Kier molecular flexibility index (Phi) is 3.43. The van der Waals surface area contributed by atoms with Crippen molar-refractivity contribution in [3.8, 4) is 12.3 Å². The third-order valence-corrected chi connectivity index (χ3v) is 2.72. The van der Waals surface area contributed by atoms with Gasteiger partial charge in [-0.25, -0.2) is 0 Å². The van der Waals surface area contributed by atoms with Crippen molar-refractivity contribution < 1.29 is 4.74 Å². The number of hydrogen-bond acceptors (Lipinski definition) is 2. The summed E-state index contributed by atoms with van der Waals surface area (Å²) in [6, 6.07) is 10.2. The number of ether oxygens (including phenoxy) is 1. The summed E-state index contributed by atoms with van der Waals surface area (Å²) in [5, 5.41) is 0. The lowest BCUT2D eigenvalue weighted by Gasteiger charge is -2.27. The van der Waals surface area contributed by atoms with Crippen LogP contribution in [0.15, 0.2) is 48.6 Å². The molecule has 1 atom stereocenters. The first-order valence-corrected chi connectivity index (χ1v) is 5.55. The summed E-state index contributed by atoms with van der Waals surface area (Å²) in [7, 11) is 0. The zero-order valence-corrected chi connectivity index (χ0v) is 9.60. The molecular formula is C15H15NO. The standard InChI is InChI=1S/C15H15NO/c1-2-12-17-15(16)10-8-14(9-11-15)13-6-4-3-5-7-13/h1,3-10H,11-12,16H2. The van der Waals surface area contributed by atoms with Crippen LogP contribution in [0.5, 0.6) is 0 Å². The smallest absolute Gasteiger partial charge is 0.141 e. The summed E-state index contributed by atoms with van der Waals surface area (Å²) in [5.41, 5.74) is 7.62. The highest BCUT2D eigenvalue weighted by Gasteiger charge is 2.23. The second-order valence-corrected chi connectivity index (χ2v) is 4.01. The minimum atomic E-state index is -0.759. The number of terminal acetylenes is 1. The molecule has 1 aliphatic carbocycles. The Morgan fingerprint density at radius 1 is 1.35 bits per heavy atom. The molecule has 0 aliphatic heterocycles. The van der Waals surface area contributed by atoms with Crippen LogP contribution in [0, 0.1) is 12.3 Å². The quantitative estimate of drug-likeness (QED) is 0.633. The minimum Gasteiger partial charge on any atom is -0.344 e. The van der Waals surface area contributed by atoms with E-state index in [-0.39, 0.29) is 6.61 Å². The van der Waals surface area contributed by atoms with Gasteiger partial charge in [-0.2, -0.15) is 0 Å². The van der Waals surface area contributed by atoms with Crippen molar-refractivity contribution in [1.82, 2.24) is 0 Å². The van der Waals surface area contributed by atoms with Gasteiger partial charge >= 0.3 is 0 Å². The van der Waals surface area contributed by atoms with Crippen LogP contribution in [0.3, 0.4) is 0 Å². The lowest BCUT2D eigenvalue weighted by Crippen LogP contribution is -2.41. The largest absolute Gasteiger partial charge is 0.344 e. The summed E-state index contributed by atoms with van der Waals surface area (Å²) in [6.45, 7) is 0.231. The third-order valence-electron chi connectivity index (χ3n) is 2.72. The molecule has 0 heterocycles. The fourth-order valence-electron chi connectivity index (χ4n) is 1.76. The average molecular weight is 225 g/mol. The average Bonchev–Trinajstić information content (AvgIpc) is 2.38. The van der Waals surface area contributed by atoms with E-state index in [9.17, 15) is 0 Å². The van der Waals surface area contributed by atoms with Crippen LogP contribution in [0.4, 0.5) is 0 Å². The topological polar surface area (TPSA) is 35.2 Å². The lowest BCUT2D eigenvalue weighted by atomic mass is 9.95. The molecule has 0 amide bonds. The highest BCUT2D eigenvalue weighted by molar-refractivity contribution is 5.75. The second kappa shape index (κ2) is 5.01. The molecule has 0 bridgehead atoms. The predicted octanol–water partition coefficient (Wildman–Crippen LogP) is 2.33. The third kappa shape index (κ3) is 2.85. The number of nitrogens with two attached hydrogens (primary N) is 1. The Hall–Kier alpha value is -1.82. The summed E-state index contributed by atoms with van der Waals surface area (Å²) < 4.78 is 5.41. The van der Waals surface area contributed by atoms with Gasteiger partial charge in [0, 0.05) is 6.42 Å². The molecule has 17 heavy (non-hydrogen) atoms. The van der Waals surface area contributed by atoms with E-state index in [4.69, 9.17) is 16.9 Å². The van der Waals surface area contributed by atoms with Crippen LogP contribution in [0.2, 0.25) is 0 Å². The first-order valence-electron chi connectivity index (χ1n) is 5.55. The van der Waals surface area contributed by atoms with Gasteiger partial charge in [0.15, 0.2) is 0 Å². The van der Waals surface area contributed by atoms with Crippen molar-refractivity contribution in [2.24, 2.45) is 5.73 Å². The Balaban J connectivity index is 2.09. The van der Waals surface area contributed by atoms with Crippen molar-refractivity contribution in [1.29, 1.82) is 0 Å². The van der Waals surface area contributed by atoms with E-state index in [1.807, 2.05) is 30.4 Å². The number of benzene rings is 1. The van der Waals surface area contributed by atoms with Gasteiger partial charge in [-0.05, 0) is 17.2 Å². The fourth-order valence-corrected chi connectivity index (χ4v) is 1.76. The van der Waals surface area contributed by atoms with Crippen molar-refractivity contribution in [3.63, 3.8) is 0 Å². The van der Waals surface area contributed by atoms with Gasteiger partial charge in [-0.15, -0.1) is 6.42 Å². The van der Waals surface area contributed by atoms with Crippen molar-refractivity contribution in [2.45, 2.75) is 12.1 Å². The van der Waals surface area contributed by atoms with Gasteiger partial charge in [-0.3, -0.25) is 5.73 Å². The first-order chi connectivity index (χ1) is 8.23. The molecule has 2 N–H and O–H groups in total. The van der Waals surface area contributed by atoms with Crippen molar-refractivity contribution in [3.05, 3.63) is 54.1 Å².